The molecule has 1 heterocycles. The summed E-state index contributed by atoms with van der Waals surface area (Å²) in [6, 6.07) is 5.07. The van der Waals surface area contributed by atoms with Gasteiger partial charge in [0, 0.05) is 6.54 Å². The number of rotatable bonds is 5. The molecule has 0 radical (unpaired) electrons. The van der Waals surface area contributed by atoms with Crippen LogP contribution in [0.5, 0.6) is 0 Å². The molecule has 15 heavy (non-hydrogen) atoms. The van der Waals surface area contributed by atoms with Crippen LogP contribution in [0, 0.1) is 5.92 Å². The Balaban J connectivity index is 1.88. The van der Waals surface area contributed by atoms with E-state index < -0.39 is 5.97 Å². The summed E-state index contributed by atoms with van der Waals surface area (Å²) in [4.78, 5) is 14.7. The second-order valence-electron chi connectivity index (χ2n) is 3.89. The summed E-state index contributed by atoms with van der Waals surface area (Å²) in [5.41, 5.74) is 0.899. The lowest BCUT2D eigenvalue weighted by Gasteiger charge is -2.03. The van der Waals surface area contributed by atoms with E-state index in [0.717, 1.165) is 18.2 Å². The molecule has 1 saturated carbocycles. The normalized spacial score (nSPS) is 15.2. The summed E-state index contributed by atoms with van der Waals surface area (Å²) in [6.45, 7) is 1.66. The van der Waals surface area contributed by atoms with Crippen molar-refractivity contribution < 1.29 is 9.90 Å². The van der Waals surface area contributed by atoms with E-state index in [4.69, 9.17) is 5.11 Å². The zero-order chi connectivity index (χ0) is 10.7. The van der Waals surface area contributed by atoms with Crippen molar-refractivity contribution in [2.24, 2.45) is 5.92 Å². The third-order valence-corrected chi connectivity index (χ3v) is 2.46. The number of aromatic nitrogens is 1. The zero-order valence-electron chi connectivity index (χ0n) is 8.44. The quantitative estimate of drug-likeness (QED) is 0.761. The minimum Gasteiger partial charge on any atom is -0.477 e. The minimum absolute atomic E-state index is 0.112. The Morgan fingerprint density at radius 3 is 3.00 bits per heavy atom. The molecule has 0 saturated heterocycles. The van der Waals surface area contributed by atoms with Crippen LogP contribution in [0.25, 0.3) is 0 Å². The van der Waals surface area contributed by atoms with Crippen molar-refractivity contribution in [3.05, 3.63) is 29.6 Å². The molecule has 2 rings (SSSR count). The average molecular weight is 206 g/mol. The van der Waals surface area contributed by atoms with Gasteiger partial charge in [-0.3, -0.25) is 0 Å². The van der Waals surface area contributed by atoms with E-state index in [1.165, 1.54) is 18.9 Å². The molecule has 0 bridgehead atoms. The molecule has 1 aliphatic carbocycles. The third-order valence-electron chi connectivity index (χ3n) is 2.46. The van der Waals surface area contributed by atoms with Gasteiger partial charge < -0.3 is 10.4 Å². The molecule has 1 aromatic rings. The van der Waals surface area contributed by atoms with Gasteiger partial charge in [0.1, 0.15) is 5.69 Å². The Morgan fingerprint density at radius 2 is 2.33 bits per heavy atom. The molecule has 0 unspecified atom stereocenters. The molecular weight excluding hydrogens is 192 g/mol. The standard InChI is InChI=1S/C11H14N2O2/c14-11(15)10-3-1-2-9(13-10)7-12-6-8-4-5-8/h1-3,8,12H,4-7H2,(H,14,15). The molecule has 0 atom stereocenters. The predicted molar refractivity (Wildman–Crippen MR) is 55.6 cm³/mol. The van der Waals surface area contributed by atoms with E-state index >= 15 is 0 Å². The molecule has 0 spiro atoms. The Hall–Kier alpha value is -1.42. The highest BCUT2D eigenvalue weighted by atomic mass is 16.4. The molecule has 1 fully saturated rings. The number of hydrogen-bond donors (Lipinski definition) is 2. The van der Waals surface area contributed by atoms with Gasteiger partial charge in [-0.2, -0.15) is 0 Å². The summed E-state index contributed by atoms with van der Waals surface area (Å²) in [5, 5.41) is 12.0. The summed E-state index contributed by atoms with van der Waals surface area (Å²) in [5.74, 6) is -0.147. The van der Waals surface area contributed by atoms with E-state index in [9.17, 15) is 4.79 Å². The number of carboxylic acids is 1. The number of pyridine rings is 1. The van der Waals surface area contributed by atoms with Crippen molar-refractivity contribution >= 4 is 5.97 Å². The van der Waals surface area contributed by atoms with Crippen molar-refractivity contribution in [1.29, 1.82) is 0 Å². The zero-order valence-corrected chi connectivity index (χ0v) is 8.44. The Morgan fingerprint density at radius 1 is 1.53 bits per heavy atom. The summed E-state index contributed by atoms with van der Waals surface area (Å²) in [6.07, 6.45) is 2.63. The second-order valence-corrected chi connectivity index (χ2v) is 3.89. The van der Waals surface area contributed by atoms with E-state index in [0.29, 0.717) is 6.54 Å². The van der Waals surface area contributed by atoms with Gasteiger partial charge >= 0.3 is 5.97 Å². The summed E-state index contributed by atoms with van der Waals surface area (Å²) >= 11 is 0. The van der Waals surface area contributed by atoms with Crippen LogP contribution in [0.1, 0.15) is 29.0 Å². The first-order chi connectivity index (χ1) is 7.25. The first-order valence-electron chi connectivity index (χ1n) is 5.15. The Bertz CT molecular complexity index is 361. The van der Waals surface area contributed by atoms with Crippen LogP contribution in [-0.2, 0) is 6.54 Å². The molecule has 0 aromatic carbocycles. The third kappa shape index (κ3) is 3.02. The van der Waals surface area contributed by atoms with Gasteiger partial charge in [0.15, 0.2) is 0 Å². The number of carbonyl (C=O) groups is 1. The molecule has 0 aliphatic heterocycles. The molecule has 4 nitrogen and oxygen atoms in total. The Kier molecular flexibility index (Phi) is 2.97. The smallest absolute Gasteiger partial charge is 0.354 e. The van der Waals surface area contributed by atoms with Crippen LogP contribution < -0.4 is 5.32 Å². The number of nitrogens with zero attached hydrogens (tertiary/aromatic N) is 1. The van der Waals surface area contributed by atoms with Crippen LogP contribution in [0.3, 0.4) is 0 Å². The average Bonchev–Trinajstić information content (AvgIpc) is 3.02. The van der Waals surface area contributed by atoms with Gasteiger partial charge in [0.05, 0.1) is 5.69 Å². The topological polar surface area (TPSA) is 62.2 Å². The van der Waals surface area contributed by atoms with Gasteiger partial charge in [0.2, 0.25) is 0 Å². The SMILES string of the molecule is O=C(O)c1cccc(CNCC2CC2)n1. The predicted octanol–water partition coefficient (Wildman–Crippen LogP) is 1.28. The molecule has 1 aromatic heterocycles. The molecule has 80 valence electrons. The highest BCUT2D eigenvalue weighted by Crippen LogP contribution is 2.27. The van der Waals surface area contributed by atoms with Crippen LogP contribution in [0.2, 0.25) is 0 Å². The number of hydrogen-bond acceptors (Lipinski definition) is 3. The molecule has 1 aliphatic rings. The van der Waals surface area contributed by atoms with E-state index in [1.807, 2.05) is 6.07 Å². The van der Waals surface area contributed by atoms with Crippen molar-refractivity contribution in [2.75, 3.05) is 6.54 Å². The van der Waals surface area contributed by atoms with Crippen LogP contribution in [0.4, 0.5) is 0 Å². The lowest BCUT2D eigenvalue weighted by molar-refractivity contribution is 0.0690. The lowest BCUT2D eigenvalue weighted by Crippen LogP contribution is -2.17. The number of carboxylic acid groups (broad SMARTS) is 1. The number of aromatic carboxylic acids is 1. The van der Waals surface area contributed by atoms with Crippen molar-refractivity contribution in [3.63, 3.8) is 0 Å². The van der Waals surface area contributed by atoms with Crippen molar-refractivity contribution in [1.82, 2.24) is 10.3 Å². The molecule has 4 heteroatoms. The van der Waals surface area contributed by atoms with Gasteiger partial charge in [-0.25, -0.2) is 9.78 Å². The Labute approximate surface area is 88.3 Å². The second kappa shape index (κ2) is 4.40. The minimum atomic E-state index is -0.973. The van der Waals surface area contributed by atoms with E-state index in [1.54, 1.807) is 6.07 Å². The van der Waals surface area contributed by atoms with Gasteiger partial charge in [-0.1, -0.05) is 6.07 Å². The largest absolute Gasteiger partial charge is 0.477 e. The first-order valence-corrected chi connectivity index (χ1v) is 5.15. The van der Waals surface area contributed by atoms with Crippen LogP contribution in [0.15, 0.2) is 18.2 Å². The lowest BCUT2D eigenvalue weighted by atomic mass is 10.3. The van der Waals surface area contributed by atoms with Crippen molar-refractivity contribution in [2.45, 2.75) is 19.4 Å². The number of nitrogens with one attached hydrogen (secondary N) is 1. The maximum absolute atomic E-state index is 10.7. The van der Waals surface area contributed by atoms with Crippen LogP contribution in [-0.4, -0.2) is 22.6 Å². The summed E-state index contributed by atoms with van der Waals surface area (Å²) < 4.78 is 0. The van der Waals surface area contributed by atoms with Gasteiger partial charge in [-0.15, -0.1) is 0 Å². The molecule has 2 N–H and O–H groups in total. The fourth-order valence-electron chi connectivity index (χ4n) is 1.42. The van der Waals surface area contributed by atoms with Crippen molar-refractivity contribution in [3.8, 4) is 0 Å². The summed E-state index contributed by atoms with van der Waals surface area (Å²) in [7, 11) is 0. The molecular formula is C11H14N2O2. The maximum Gasteiger partial charge on any atom is 0.354 e. The van der Waals surface area contributed by atoms with Crippen LogP contribution >= 0.6 is 0 Å². The highest BCUT2D eigenvalue weighted by molar-refractivity contribution is 5.85. The van der Waals surface area contributed by atoms with E-state index in [2.05, 4.69) is 10.3 Å². The van der Waals surface area contributed by atoms with Gasteiger partial charge in [0.25, 0.3) is 0 Å². The van der Waals surface area contributed by atoms with Gasteiger partial charge in [-0.05, 0) is 37.4 Å². The first kappa shape index (κ1) is 10.1. The highest BCUT2D eigenvalue weighted by Gasteiger charge is 2.20. The monoisotopic (exact) mass is 206 g/mol. The van der Waals surface area contributed by atoms with E-state index in [-0.39, 0.29) is 5.69 Å². The fourth-order valence-corrected chi connectivity index (χ4v) is 1.42. The maximum atomic E-state index is 10.7. The molecule has 0 amide bonds. The fraction of sp³-hybridized carbons (Fsp3) is 0.455.